The summed E-state index contributed by atoms with van der Waals surface area (Å²) in [5.41, 5.74) is 3.13. The second-order valence-corrected chi connectivity index (χ2v) is 5.70. The van der Waals surface area contributed by atoms with Crippen LogP contribution in [0.15, 0.2) is 54.6 Å². The fraction of sp³-hybridized carbons (Fsp3) is 0.263. The van der Waals surface area contributed by atoms with E-state index in [-0.39, 0.29) is 12.5 Å². The number of halogens is 3. The Morgan fingerprint density at radius 1 is 1.00 bits per heavy atom. The zero-order chi connectivity index (χ0) is 16.4. The van der Waals surface area contributed by atoms with Gasteiger partial charge in [-0.15, -0.1) is 0 Å². The predicted octanol–water partition coefficient (Wildman–Crippen LogP) is 4.48. The predicted molar refractivity (Wildman–Crippen MR) is 83.4 cm³/mol. The van der Waals surface area contributed by atoms with E-state index >= 15 is 0 Å². The summed E-state index contributed by atoms with van der Waals surface area (Å²) in [7, 11) is 0. The first kappa shape index (κ1) is 15.8. The summed E-state index contributed by atoms with van der Waals surface area (Å²) < 4.78 is 39.2. The van der Waals surface area contributed by atoms with Crippen molar-refractivity contribution in [1.29, 1.82) is 0 Å². The molecule has 4 heteroatoms. The van der Waals surface area contributed by atoms with Crippen molar-refractivity contribution >= 4 is 0 Å². The quantitative estimate of drug-likeness (QED) is 0.809. The van der Waals surface area contributed by atoms with Gasteiger partial charge in [-0.2, -0.15) is 13.2 Å². The topological polar surface area (TPSA) is 20.2 Å². The summed E-state index contributed by atoms with van der Waals surface area (Å²) in [6.07, 6.45) is 0.554. The lowest BCUT2D eigenvalue weighted by Crippen LogP contribution is -2.08. The Bertz CT molecular complexity index is 732. The van der Waals surface area contributed by atoms with Gasteiger partial charge in [-0.3, -0.25) is 0 Å². The summed E-state index contributed by atoms with van der Waals surface area (Å²) in [5, 5.41) is 9.08. The largest absolute Gasteiger partial charge is 0.416 e. The second kappa shape index (κ2) is 6.20. The normalized spacial score (nSPS) is 17.7. The SMILES string of the molecule is OC/C=C/C1c2ccccc2CCc2ccc(C(F)(F)F)cc21. The minimum absolute atomic E-state index is 0.132. The molecule has 0 spiro atoms. The number of rotatable bonds is 2. The Morgan fingerprint density at radius 3 is 2.39 bits per heavy atom. The molecule has 0 saturated heterocycles. The molecule has 2 aromatic carbocycles. The number of allylic oxidation sites excluding steroid dienone is 1. The van der Waals surface area contributed by atoms with Crippen molar-refractivity contribution in [3.8, 4) is 0 Å². The van der Waals surface area contributed by atoms with Crippen LogP contribution in [0.25, 0.3) is 0 Å². The van der Waals surface area contributed by atoms with E-state index in [2.05, 4.69) is 0 Å². The van der Waals surface area contributed by atoms with Gasteiger partial charge in [0.05, 0.1) is 12.2 Å². The highest BCUT2D eigenvalue weighted by Gasteiger charge is 2.32. The lowest BCUT2D eigenvalue weighted by atomic mass is 9.87. The molecule has 1 N–H and O–H groups in total. The van der Waals surface area contributed by atoms with E-state index in [1.54, 1.807) is 18.2 Å². The molecule has 0 radical (unpaired) electrons. The fourth-order valence-corrected chi connectivity index (χ4v) is 3.19. The van der Waals surface area contributed by atoms with Crippen LogP contribution in [0.1, 0.15) is 33.7 Å². The number of aryl methyl sites for hydroxylation is 2. The third-order valence-corrected chi connectivity index (χ3v) is 4.30. The molecule has 1 nitrogen and oxygen atoms in total. The van der Waals surface area contributed by atoms with Gasteiger partial charge in [0.2, 0.25) is 0 Å². The number of hydrogen-bond donors (Lipinski definition) is 1. The van der Waals surface area contributed by atoms with Crippen LogP contribution in [0.5, 0.6) is 0 Å². The molecule has 1 unspecified atom stereocenters. The zero-order valence-corrected chi connectivity index (χ0v) is 12.5. The van der Waals surface area contributed by atoms with Gasteiger partial charge in [0.25, 0.3) is 0 Å². The van der Waals surface area contributed by atoms with Crippen LogP contribution < -0.4 is 0 Å². The highest BCUT2D eigenvalue weighted by molar-refractivity contribution is 5.49. The average Bonchev–Trinajstić information content (AvgIpc) is 2.68. The van der Waals surface area contributed by atoms with Crippen LogP contribution in [0.2, 0.25) is 0 Å². The molecule has 0 aromatic heterocycles. The van der Waals surface area contributed by atoms with Gasteiger partial charge in [-0.05, 0) is 47.2 Å². The van der Waals surface area contributed by atoms with Gasteiger partial charge in [-0.1, -0.05) is 42.5 Å². The maximum Gasteiger partial charge on any atom is 0.416 e. The van der Waals surface area contributed by atoms with Crippen LogP contribution in [-0.4, -0.2) is 11.7 Å². The van der Waals surface area contributed by atoms with Crippen molar-refractivity contribution in [3.63, 3.8) is 0 Å². The maximum atomic E-state index is 13.1. The van der Waals surface area contributed by atoms with Crippen molar-refractivity contribution in [2.24, 2.45) is 0 Å². The highest BCUT2D eigenvalue weighted by Crippen LogP contribution is 2.38. The fourth-order valence-electron chi connectivity index (χ4n) is 3.19. The summed E-state index contributed by atoms with van der Waals surface area (Å²) in [5.74, 6) is -0.266. The van der Waals surface area contributed by atoms with Crippen LogP contribution in [0, 0.1) is 0 Å². The first-order valence-corrected chi connectivity index (χ1v) is 7.56. The smallest absolute Gasteiger partial charge is 0.392 e. The molecule has 0 fully saturated rings. The van der Waals surface area contributed by atoms with Crippen LogP contribution in [-0.2, 0) is 19.0 Å². The van der Waals surface area contributed by atoms with Crippen LogP contribution in [0.4, 0.5) is 13.2 Å². The molecule has 2 aromatic rings. The van der Waals surface area contributed by atoms with Crippen molar-refractivity contribution in [2.45, 2.75) is 24.9 Å². The Kier molecular flexibility index (Phi) is 4.26. The molecule has 0 heterocycles. The minimum Gasteiger partial charge on any atom is -0.392 e. The number of alkyl halides is 3. The molecule has 0 bridgehead atoms. The van der Waals surface area contributed by atoms with E-state index in [1.807, 2.05) is 24.3 Å². The monoisotopic (exact) mass is 318 g/mol. The van der Waals surface area contributed by atoms with E-state index in [4.69, 9.17) is 5.11 Å². The van der Waals surface area contributed by atoms with Gasteiger partial charge in [0.15, 0.2) is 0 Å². The number of hydrogen-bond acceptors (Lipinski definition) is 1. The van der Waals surface area contributed by atoms with Crippen molar-refractivity contribution in [2.75, 3.05) is 6.61 Å². The molecule has 0 amide bonds. The summed E-state index contributed by atoms with van der Waals surface area (Å²) in [4.78, 5) is 0. The molecule has 1 aliphatic rings. The maximum absolute atomic E-state index is 13.1. The molecule has 0 saturated carbocycles. The lowest BCUT2D eigenvalue weighted by molar-refractivity contribution is -0.137. The van der Waals surface area contributed by atoms with E-state index < -0.39 is 11.7 Å². The summed E-state index contributed by atoms with van der Waals surface area (Å²) in [6, 6.07) is 11.8. The van der Waals surface area contributed by atoms with Gasteiger partial charge in [0, 0.05) is 5.92 Å². The van der Waals surface area contributed by atoms with Crippen molar-refractivity contribution < 1.29 is 18.3 Å². The van der Waals surface area contributed by atoms with E-state index in [0.29, 0.717) is 12.0 Å². The van der Waals surface area contributed by atoms with Gasteiger partial charge < -0.3 is 5.11 Å². The third kappa shape index (κ3) is 3.17. The van der Waals surface area contributed by atoms with E-state index in [9.17, 15) is 13.2 Å². The molecule has 23 heavy (non-hydrogen) atoms. The summed E-state index contributed by atoms with van der Waals surface area (Å²) in [6.45, 7) is -0.132. The van der Waals surface area contributed by atoms with Gasteiger partial charge in [-0.25, -0.2) is 0 Å². The van der Waals surface area contributed by atoms with E-state index in [0.717, 1.165) is 29.2 Å². The summed E-state index contributed by atoms with van der Waals surface area (Å²) >= 11 is 0. The number of fused-ring (bicyclic) bond motifs is 2. The third-order valence-electron chi connectivity index (χ3n) is 4.30. The second-order valence-electron chi connectivity index (χ2n) is 5.70. The average molecular weight is 318 g/mol. The van der Waals surface area contributed by atoms with Crippen LogP contribution in [0.3, 0.4) is 0 Å². The lowest BCUT2D eigenvalue weighted by Gasteiger charge is -2.18. The number of aliphatic hydroxyl groups is 1. The first-order valence-electron chi connectivity index (χ1n) is 7.56. The standard InChI is InChI=1S/C19H17F3O/c20-19(21,22)15-10-9-14-8-7-13-4-1-2-5-16(13)17(6-3-11-23)18(14)12-15/h1-6,9-10,12,17,23H,7-8,11H2/b6-3+. The molecule has 1 aliphatic carbocycles. The Hall–Kier alpha value is -2.07. The molecule has 0 aliphatic heterocycles. The zero-order valence-electron chi connectivity index (χ0n) is 12.5. The van der Waals surface area contributed by atoms with E-state index in [1.165, 1.54) is 6.07 Å². The van der Waals surface area contributed by atoms with Crippen molar-refractivity contribution in [1.82, 2.24) is 0 Å². The first-order chi connectivity index (χ1) is 11.0. The van der Waals surface area contributed by atoms with Crippen LogP contribution >= 0.6 is 0 Å². The number of benzene rings is 2. The Morgan fingerprint density at radius 2 is 1.70 bits per heavy atom. The Labute approximate surface area is 133 Å². The molecule has 120 valence electrons. The molecule has 3 rings (SSSR count). The van der Waals surface area contributed by atoms with Crippen molar-refractivity contribution in [3.05, 3.63) is 82.4 Å². The van der Waals surface area contributed by atoms with Gasteiger partial charge >= 0.3 is 6.18 Å². The Balaban J connectivity index is 2.18. The molecular formula is C19H17F3O. The highest BCUT2D eigenvalue weighted by atomic mass is 19.4. The number of aliphatic hydroxyl groups excluding tert-OH is 1. The molecule has 1 atom stereocenters. The van der Waals surface area contributed by atoms with Gasteiger partial charge in [0.1, 0.15) is 0 Å². The molecular weight excluding hydrogens is 301 g/mol. The minimum atomic E-state index is -4.36.